The summed E-state index contributed by atoms with van der Waals surface area (Å²) in [5, 5.41) is 14.6. The van der Waals surface area contributed by atoms with Crippen molar-refractivity contribution in [3.05, 3.63) is 35.2 Å². The Labute approximate surface area is 131 Å². The molecular weight excluding hydrogens is 278 g/mol. The maximum atomic E-state index is 11.0. The number of likely N-dealkylation sites (tertiary alicyclic amines) is 1. The van der Waals surface area contributed by atoms with E-state index in [0.717, 1.165) is 45.3 Å². The number of aliphatic hydroxyl groups is 1. The molecule has 1 atom stereocenters. The molecule has 0 amide bonds. The summed E-state index contributed by atoms with van der Waals surface area (Å²) in [6.07, 6.45) is 4.94. The smallest absolute Gasteiger partial charge is 0.0701 e. The standard InChI is InChI=1S/C18H25NOS/c1-2-10-19-11-5-8-18(20,9-12-19)13-15-14-21-17-7-4-3-6-16(15)17/h3-4,6-7,14,20H,2,5,8-13H2,1H3. The third-order valence-electron chi connectivity index (χ3n) is 4.63. The van der Waals surface area contributed by atoms with Crippen LogP contribution in [-0.4, -0.2) is 35.2 Å². The Hall–Kier alpha value is -0.900. The molecule has 1 aromatic heterocycles. The largest absolute Gasteiger partial charge is 0.389 e. The van der Waals surface area contributed by atoms with Crippen LogP contribution in [0, 0.1) is 0 Å². The summed E-state index contributed by atoms with van der Waals surface area (Å²) >= 11 is 1.79. The molecule has 114 valence electrons. The molecule has 1 unspecified atom stereocenters. The molecule has 0 bridgehead atoms. The Morgan fingerprint density at radius 2 is 2.10 bits per heavy atom. The first-order chi connectivity index (χ1) is 10.2. The molecule has 3 rings (SSSR count). The first-order valence-electron chi connectivity index (χ1n) is 8.10. The lowest BCUT2D eigenvalue weighted by atomic mass is 9.87. The molecule has 2 heterocycles. The van der Waals surface area contributed by atoms with Crippen molar-refractivity contribution in [3.8, 4) is 0 Å². The van der Waals surface area contributed by atoms with Crippen molar-refractivity contribution in [1.82, 2.24) is 4.90 Å². The highest BCUT2D eigenvalue weighted by molar-refractivity contribution is 7.17. The quantitative estimate of drug-likeness (QED) is 0.920. The van der Waals surface area contributed by atoms with Crippen LogP contribution in [0.4, 0.5) is 0 Å². The van der Waals surface area contributed by atoms with Crippen LogP contribution in [0.15, 0.2) is 29.6 Å². The minimum atomic E-state index is -0.521. The van der Waals surface area contributed by atoms with E-state index in [9.17, 15) is 5.11 Å². The molecule has 1 aliphatic heterocycles. The molecular formula is C18H25NOS. The normalized spacial score (nSPS) is 24.3. The minimum Gasteiger partial charge on any atom is -0.389 e. The van der Waals surface area contributed by atoms with Gasteiger partial charge in [0.15, 0.2) is 0 Å². The van der Waals surface area contributed by atoms with Gasteiger partial charge in [-0.1, -0.05) is 25.1 Å². The van der Waals surface area contributed by atoms with Crippen LogP contribution in [0.3, 0.4) is 0 Å². The molecule has 2 aromatic rings. The van der Waals surface area contributed by atoms with Crippen molar-refractivity contribution in [2.24, 2.45) is 0 Å². The fourth-order valence-corrected chi connectivity index (χ4v) is 4.44. The van der Waals surface area contributed by atoms with Crippen LogP contribution in [0.5, 0.6) is 0 Å². The minimum absolute atomic E-state index is 0.521. The van der Waals surface area contributed by atoms with E-state index in [1.54, 1.807) is 11.3 Å². The SMILES string of the molecule is CCCN1CCCC(O)(Cc2csc3ccccc23)CC1. The third-order valence-corrected chi connectivity index (χ3v) is 5.64. The Kier molecular flexibility index (Phi) is 4.63. The number of hydrogen-bond donors (Lipinski definition) is 1. The summed E-state index contributed by atoms with van der Waals surface area (Å²) in [4.78, 5) is 2.50. The molecule has 3 heteroatoms. The first kappa shape index (κ1) is 15.0. The van der Waals surface area contributed by atoms with Gasteiger partial charge in [0, 0.05) is 17.7 Å². The third kappa shape index (κ3) is 3.47. The molecule has 1 aliphatic rings. The van der Waals surface area contributed by atoms with Gasteiger partial charge in [-0.3, -0.25) is 0 Å². The second-order valence-electron chi connectivity index (χ2n) is 6.35. The summed E-state index contributed by atoms with van der Waals surface area (Å²) < 4.78 is 1.33. The summed E-state index contributed by atoms with van der Waals surface area (Å²) in [5.74, 6) is 0. The molecule has 0 radical (unpaired) electrons. The monoisotopic (exact) mass is 303 g/mol. The number of benzene rings is 1. The zero-order valence-electron chi connectivity index (χ0n) is 12.8. The molecule has 1 fully saturated rings. The maximum absolute atomic E-state index is 11.0. The van der Waals surface area contributed by atoms with E-state index in [2.05, 4.69) is 41.5 Å². The van der Waals surface area contributed by atoms with E-state index in [-0.39, 0.29) is 0 Å². The highest BCUT2D eigenvalue weighted by Crippen LogP contribution is 2.32. The second kappa shape index (κ2) is 6.47. The lowest BCUT2D eigenvalue weighted by Gasteiger charge is -2.27. The zero-order valence-corrected chi connectivity index (χ0v) is 13.7. The van der Waals surface area contributed by atoms with Crippen molar-refractivity contribution >= 4 is 21.4 Å². The Bertz CT molecular complexity index is 594. The van der Waals surface area contributed by atoms with Gasteiger partial charge in [-0.05, 0) is 61.2 Å². The number of fused-ring (bicyclic) bond motifs is 1. The van der Waals surface area contributed by atoms with E-state index in [0.29, 0.717) is 0 Å². The van der Waals surface area contributed by atoms with Gasteiger partial charge in [-0.25, -0.2) is 0 Å². The highest BCUT2D eigenvalue weighted by atomic mass is 32.1. The zero-order chi connectivity index (χ0) is 14.7. The van der Waals surface area contributed by atoms with E-state index in [4.69, 9.17) is 0 Å². The first-order valence-corrected chi connectivity index (χ1v) is 8.98. The van der Waals surface area contributed by atoms with Gasteiger partial charge < -0.3 is 10.0 Å². The number of thiophene rings is 1. The predicted octanol–water partition coefficient (Wildman–Crippen LogP) is 4.07. The maximum Gasteiger partial charge on any atom is 0.0701 e. The van der Waals surface area contributed by atoms with E-state index in [1.165, 1.54) is 22.1 Å². The average molecular weight is 303 g/mol. The van der Waals surface area contributed by atoms with E-state index in [1.807, 2.05) is 0 Å². The molecule has 21 heavy (non-hydrogen) atoms. The lowest BCUT2D eigenvalue weighted by Crippen LogP contribution is -2.33. The molecule has 1 N–H and O–H groups in total. The van der Waals surface area contributed by atoms with Gasteiger partial charge >= 0.3 is 0 Å². The summed E-state index contributed by atoms with van der Waals surface area (Å²) in [7, 11) is 0. The van der Waals surface area contributed by atoms with Crippen molar-refractivity contribution in [2.45, 2.75) is 44.6 Å². The second-order valence-corrected chi connectivity index (χ2v) is 7.26. The van der Waals surface area contributed by atoms with Crippen LogP contribution in [0.2, 0.25) is 0 Å². The number of hydrogen-bond acceptors (Lipinski definition) is 3. The molecule has 1 aromatic carbocycles. The van der Waals surface area contributed by atoms with Gasteiger partial charge in [0.05, 0.1) is 5.60 Å². The molecule has 0 saturated carbocycles. The topological polar surface area (TPSA) is 23.5 Å². The van der Waals surface area contributed by atoms with E-state index < -0.39 is 5.60 Å². The molecule has 1 saturated heterocycles. The number of rotatable bonds is 4. The van der Waals surface area contributed by atoms with Gasteiger partial charge in [0.25, 0.3) is 0 Å². The van der Waals surface area contributed by atoms with Crippen LogP contribution in [0.25, 0.3) is 10.1 Å². The average Bonchev–Trinajstić information content (AvgIpc) is 2.78. The van der Waals surface area contributed by atoms with Gasteiger partial charge in [-0.2, -0.15) is 0 Å². The Morgan fingerprint density at radius 1 is 1.24 bits per heavy atom. The van der Waals surface area contributed by atoms with Gasteiger partial charge in [0.2, 0.25) is 0 Å². The van der Waals surface area contributed by atoms with Crippen molar-refractivity contribution < 1.29 is 5.11 Å². The van der Waals surface area contributed by atoms with Crippen LogP contribution in [-0.2, 0) is 6.42 Å². The molecule has 0 aliphatic carbocycles. The van der Waals surface area contributed by atoms with Crippen LogP contribution in [0.1, 0.15) is 38.2 Å². The summed E-state index contributed by atoms with van der Waals surface area (Å²) in [5.41, 5.74) is 0.800. The van der Waals surface area contributed by atoms with Gasteiger partial charge in [-0.15, -0.1) is 11.3 Å². The van der Waals surface area contributed by atoms with Crippen molar-refractivity contribution in [1.29, 1.82) is 0 Å². The summed E-state index contributed by atoms with van der Waals surface area (Å²) in [6, 6.07) is 8.54. The van der Waals surface area contributed by atoms with Crippen LogP contribution >= 0.6 is 11.3 Å². The van der Waals surface area contributed by atoms with Crippen molar-refractivity contribution in [2.75, 3.05) is 19.6 Å². The predicted molar refractivity (Wildman–Crippen MR) is 91.1 cm³/mol. The Morgan fingerprint density at radius 3 is 2.95 bits per heavy atom. The lowest BCUT2D eigenvalue weighted by molar-refractivity contribution is 0.0261. The van der Waals surface area contributed by atoms with E-state index >= 15 is 0 Å². The fraction of sp³-hybridized carbons (Fsp3) is 0.556. The summed E-state index contributed by atoms with van der Waals surface area (Å²) in [6.45, 7) is 5.57. The molecule has 2 nitrogen and oxygen atoms in total. The van der Waals surface area contributed by atoms with Crippen molar-refractivity contribution in [3.63, 3.8) is 0 Å². The number of nitrogens with zero attached hydrogens (tertiary/aromatic N) is 1. The van der Waals surface area contributed by atoms with Gasteiger partial charge in [0.1, 0.15) is 0 Å². The highest BCUT2D eigenvalue weighted by Gasteiger charge is 2.30. The Balaban J connectivity index is 1.74. The van der Waals surface area contributed by atoms with Crippen LogP contribution < -0.4 is 0 Å². The fourth-order valence-electron chi connectivity index (χ4n) is 3.48. The molecule has 0 spiro atoms.